The van der Waals surface area contributed by atoms with Gasteiger partial charge in [0, 0.05) is 11.3 Å². The fraction of sp³-hybridized carbons (Fsp3) is 0.222. The summed E-state index contributed by atoms with van der Waals surface area (Å²) in [5.41, 5.74) is 3.75. The van der Waals surface area contributed by atoms with Crippen LogP contribution in [0.2, 0.25) is 0 Å². The number of rotatable bonds is 3. The summed E-state index contributed by atoms with van der Waals surface area (Å²) in [6, 6.07) is 5.04. The zero-order valence-electron chi connectivity index (χ0n) is 6.83. The maximum absolute atomic E-state index is 10.4. The van der Waals surface area contributed by atoms with Gasteiger partial charge in [0.1, 0.15) is 6.29 Å². The minimum absolute atomic E-state index is 0.488. The van der Waals surface area contributed by atoms with Gasteiger partial charge in [-0.1, -0.05) is 19.1 Å². The predicted molar refractivity (Wildman–Crippen MR) is 48.2 cm³/mol. The second-order valence-corrected chi connectivity index (χ2v) is 2.49. The molecule has 0 aromatic heterocycles. The lowest BCUT2D eigenvalue weighted by molar-refractivity contribution is 0.112. The zero-order valence-corrected chi connectivity index (χ0v) is 6.83. The molecule has 0 bridgehead atoms. The number of benzene rings is 1. The Morgan fingerprint density at radius 3 is 2.83 bits per heavy atom. The van der Waals surface area contributed by atoms with Crippen molar-refractivity contribution >= 4 is 12.0 Å². The number of carbonyl (C=O) groups excluding carboxylic acids is 1. The summed E-state index contributed by atoms with van der Waals surface area (Å²) in [5.74, 6) is 0. The fourth-order valence-electron chi connectivity index (χ4n) is 1.07. The quantitative estimate of drug-likeness (QED) is 0.549. The van der Waals surface area contributed by atoms with Gasteiger partial charge in [-0.15, -0.1) is 0 Å². The number of carbonyl (C=O) groups is 1. The number of hydrogen-bond donors (Lipinski definition) is 1. The highest BCUT2D eigenvalue weighted by molar-refractivity contribution is 5.77. The molecule has 0 saturated heterocycles. The molecule has 1 N–H and O–H groups in total. The van der Waals surface area contributed by atoms with Gasteiger partial charge in [-0.2, -0.15) is 0 Å². The molecule has 0 aliphatic heterocycles. The van der Waals surface area contributed by atoms with E-state index in [1.54, 1.807) is 18.2 Å². The lowest BCUT2D eigenvalue weighted by atomic mass is 10.1. The number of hydrogen-bond acceptors (Lipinski definition) is 3. The molecule has 0 fully saturated rings. The van der Waals surface area contributed by atoms with Gasteiger partial charge in [-0.25, -0.2) is 0 Å². The first-order valence-electron chi connectivity index (χ1n) is 3.78. The van der Waals surface area contributed by atoms with Gasteiger partial charge in [0.25, 0.3) is 0 Å². The van der Waals surface area contributed by atoms with E-state index in [1.807, 2.05) is 12.4 Å². The molecule has 0 saturated carbocycles. The van der Waals surface area contributed by atoms with Crippen molar-refractivity contribution in [3.05, 3.63) is 34.5 Å². The summed E-state index contributed by atoms with van der Waals surface area (Å²) in [6.07, 6.45) is 1.50. The van der Waals surface area contributed by atoms with E-state index < -0.39 is 0 Å². The topological polar surface area (TPSA) is 52.2 Å². The molecule has 0 heterocycles. The van der Waals surface area contributed by atoms with Crippen molar-refractivity contribution in [2.75, 3.05) is 5.48 Å². The van der Waals surface area contributed by atoms with Gasteiger partial charge < -0.3 is 10.7 Å². The Labute approximate surface area is 71.0 Å². The third-order valence-electron chi connectivity index (χ3n) is 1.76. The Bertz CT molecular complexity index is 284. The van der Waals surface area contributed by atoms with Crippen LogP contribution in [0.5, 0.6) is 0 Å². The molecular weight excluding hydrogens is 154 g/mol. The molecular formula is C9H10NO2-. The number of aryl methyl sites for hydroxylation is 1. The summed E-state index contributed by atoms with van der Waals surface area (Å²) in [6.45, 7) is 1.96. The largest absolute Gasteiger partial charge is 0.761 e. The molecule has 1 rings (SSSR count). The van der Waals surface area contributed by atoms with Crippen LogP contribution in [-0.2, 0) is 6.42 Å². The first-order chi connectivity index (χ1) is 5.81. The maximum Gasteiger partial charge on any atom is 0.150 e. The van der Waals surface area contributed by atoms with Crippen molar-refractivity contribution in [1.29, 1.82) is 0 Å². The van der Waals surface area contributed by atoms with Crippen LogP contribution in [0.3, 0.4) is 0 Å². The van der Waals surface area contributed by atoms with Gasteiger partial charge in [-0.05, 0) is 18.1 Å². The highest BCUT2D eigenvalue weighted by atomic mass is 16.5. The van der Waals surface area contributed by atoms with Gasteiger partial charge in [0.2, 0.25) is 0 Å². The summed E-state index contributed by atoms with van der Waals surface area (Å²) in [4.78, 5) is 10.3. The maximum atomic E-state index is 10.4. The molecule has 0 atom stereocenters. The lowest BCUT2D eigenvalue weighted by Crippen LogP contribution is -1.93. The van der Waals surface area contributed by atoms with Crippen molar-refractivity contribution in [2.45, 2.75) is 13.3 Å². The smallest absolute Gasteiger partial charge is 0.150 e. The molecule has 64 valence electrons. The zero-order chi connectivity index (χ0) is 8.97. The first-order valence-corrected chi connectivity index (χ1v) is 3.78. The lowest BCUT2D eigenvalue weighted by Gasteiger charge is -2.13. The van der Waals surface area contributed by atoms with Crippen LogP contribution < -0.4 is 5.48 Å². The molecule has 0 aliphatic rings. The second kappa shape index (κ2) is 3.88. The monoisotopic (exact) mass is 164 g/mol. The molecule has 0 aliphatic carbocycles. The predicted octanol–water partition coefficient (Wildman–Crippen LogP) is 1.97. The van der Waals surface area contributed by atoms with E-state index >= 15 is 0 Å². The second-order valence-electron chi connectivity index (χ2n) is 2.49. The molecule has 12 heavy (non-hydrogen) atoms. The van der Waals surface area contributed by atoms with Gasteiger partial charge in [-0.3, -0.25) is 4.79 Å². The summed E-state index contributed by atoms with van der Waals surface area (Å²) in [5, 5.41) is 10.4. The Kier molecular flexibility index (Phi) is 2.82. The Balaban J connectivity index is 3.10. The average Bonchev–Trinajstić information content (AvgIpc) is 2.16. The van der Waals surface area contributed by atoms with E-state index in [0.717, 1.165) is 18.3 Å². The van der Waals surface area contributed by atoms with E-state index in [9.17, 15) is 10.0 Å². The fourth-order valence-corrected chi connectivity index (χ4v) is 1.07. The SMILES string of the molecule is CCc1ccc(C=O)cc1N[O-]. The number of anilines is 1. The third kappa shape index (κ3) is 1.62. The van der Waals surface area contributed by atoms with Crippen LogP contribution in [0.4, 0.5) is 5.69 Å². The van der Waals surface area contributed by atoms with E-state index in [4.69, 9.17) is 0 Å². The van der Waals surface area contributed by atoms with Crippen LogP contribution in [0.15, 0.2) is 18.2 Å². The van der Waals surface area contributed by atoms with Crippen LogP contribution in [0, 0.1) is 5.21 Å². The van der Waals surface area contributed by atoms with E-state index in [-0.39, 0.29) is 0 Å². The summed E-state index contributed by atoms with van der Waals surface area (Å²) in [7, 11) is 0. The van der Waals surface area contributed by atoms with E-state index in [2.05, 4.69) is 0 Å². The Hall–Kier alpha value is -1.35. The van der Waals surface area contributed by atoms with Crippen molar-refractivity contribution in [2.24, 2.45) is 0 Å². The van der Waals surface area contributed by atoms with Crippen LogP contribution in [-0.4, -0.2) is 6.29 Å². The normalized spacial score (nSPS) is 9.50. The van der Waals surface area contributed by atoms with Crippen molar-refractivity contribution < 1.29 is 4.79 Å². The number of nitrogens with one attached hydrogen (secondary N) is 1. The van der Waals surface area contributed by atoms with E-state index in [1.165, 1.54) is 0 Å². The van der Waals surface area contributed by atoms with Crippen molar-refractivity contribution in [1.82, 2.24) is 0 Å². The van der Waals surface area contributed by atoms with Crippen LogP contribution >= 0.6 is 0 Å². The molecule has 0 amide bonds. The number of aldehydes is 1. The minimum Gasteiger partial charge on any atom is -0.761 e. The minimum atomic E-state index is 0.488. The van der Waals surface area contributed by atoms with Crippen molar-refractivity contribution in [3.63, 3.8) is 0 Å². The summed E-state index contributed by atoms with van der Waals surface area (Å²) >= 11 is 0. The standard InChI is InChI=1S/C9H10NO2/c1-2-8-4-3-7(6-11)5-9(8)10-12/h3-6,10H,2H2,1H3/q-1. The molecule has 3 heteroatoms. The molecule has 0 radical (unpaired) electrons. The third-order valence-corrected chi connectivity index (χ3v) is 1.76. The van der Waals surface area contributed by atoms with Crippen LogP contribution in [0.1, 0.15) is 22.8 Å². The van der Waals surface area contributed by atoms with Gasteiger partial charge in [0.15, 0.2) is 0 Å². The highest BCUT2D eigenvalue weighted by Gasteiger charge is 1.97. The highest BCUT2D eigenvalue weighted by Crippen LogP contribution is 2.16. The average molecular weight is 164 g/mol. The Morgan fingerprint density at radius 2 is 2.33 bits per heavy atom. The van der Waals surface area contributed by atoms with Gasteiger partial charge in [0.05, 0.1) is 0 Å². The molecule has 3 nitrogen and oxygen atoms in total. The van der Waals surface area contributed by atoms with Crippen LogP contribution in [0.25, 0.3) is 0 Å². The van der Waals surface area contributed by atoms with Gasteiger partial charge >= 0.3 is 0 Å². The first kappa shape index (κ1) is 8.74. The van der Waals surface area contributed by atoms with Crippen molar-refractivity contribution in [3.8, 4) is 0 Å². The molecule has 1 aromatic rings. The molecule has 0 spiro atoms. The molecule has 1 aromatic carbocycles. The molecule has 0 unspecified atom stereocenters. The summed E-state index contributed by atoms with van der Waals surface area (Å²) < 4.78 is 0. The Morgan fingerprint density at radius 1 is 1.58 bits per heavy atom. The van der Waals surface area contributed by atoms with E-state index in [0.29, 0.717) is 11.3 Å².